The van der Waals surface area contributed by atoms with Crippen LogP contribution in [0.25, 0.3) is 11.5 Å². The molecule has 0 bridgehead atoms. The van der Waals surface area contributed by atoms with Crippen molar-refractivity contribution in [3.63, 3.8) is 0 Å². The van der Waals surface area contributed by atoms with E-state index in [0.717, 1.165) is 12.1 Å². The molecule has 0 atom stereocenters. The van der Waals surface area contributed by atoms with Crippen molar-refractivity contribution in [3.05, 3.63) is 35.7 Å². The van der Waals surface area contributed by atoms with Gasteiger partial charge in [-0.15, -0.1) is 10.2 Å². The fraction of sp³-hybridized carbons (Fsp3) is 0.286. The van der Waals surface area contributed by atoms with Gasteiger partial charge >= 0.3 is 11.8 Å². The molecule has 2 rings (SSSR count). The number of carbonyl (C=O) groups is 2. The highest BCUT2D eigenvalue weighted by atomic mass is 19.1. The maximum atomic E-state index is 13.6. The molecule has 1 heterocycles. The first-order valence-corrected chi connectivity index (χ1v) is 6.58. The molecule has 0 aliphatic rings. The summed E-state index contributed by atoms with van der Waals surface area (Å²) in [6, 6.07) is 3.24. The number of rotatable bonds is 5. The molecule has 0 fully saturated rings. The maximum Gasteiger partial charge on any atom is 0.309 e. The Morgan fingerprint density at radius 2 is 1.87 bits per heavy atom. The normalized spacial score (nSPS) is 11.3. The van der Waals surface area contributed by atoms with Crippen LogP contribution in [0.15, 0.2) is 22.6 Å². The summed E-state index contributed by atoms with van der Waals surface area (Å²) in [6.45, 7) is 3.15. The summed E-state index contributed by atoms with van der Waals surface area (Å²) in [5, 5.41) is 9.41. The molecule has 2 aromatic rings. The van der Waals surface area contributed by atoms with E-state index >= 15 is 0 Å². The lowest BCUT2D eigenvalue weighted by Gasteiger charge is -2.23. The molecule has 0 radical (unpaired) electrons. The van der Waals surface area contributed by atoms with Crippen LogP contribution < -0.4 is 11.1 Å². The van der Waals surface area contributed by atoms with Gasteiger partial charge in [0.1, 0.15) is 17.2 Å². The Hall–Kier alpha value is -2.84. The number of hydrogen-bond acceptors (Lipinski definition) is 5. The van der Waals surface area contributed by atoms with Crippen LogP contribution in [0.5, 0.6) is 0 Å². The molecule has 1 aromatic heterocycles. The van der Waals surface area contributed by atoms with Gasteiger partial charge in [0.05, 0.1) is 0 Å². The first-order chi connectivity index (χ1) is 10.7. The molecule has 0 spiro atoms. The Balaban J connectivity index is 2.22. The lowest BCUT2D eigenvalue weighted by atomic mass is 10.0. The van der Waals surface area contributed by atoms with Crippen LogP contribution in [0.1, 0.15) is 31.0 Å². The van der Waals surface area contributed by atoms with Crippen molar-refractivity contribution in [2.45, 2.75) is 25.8 Å². The van der Waals surface area contributed by atoms with Gasteiger partial charge in [-0.1, -0.05) is 6.07 Å². The van der Waals surface area contributed by atoms with Crippen LogP contribution in [-0.4, -0.2) is 27.6 Å². The number of hydrogen-bond donors (Lipinski definition) is 2. The standard InChI is InChI=1S/C14H14F2N4O3/c1-14(2,6-9(17)21)18-11(22)13-20-19-12(23-13)10-7(15)4-3-5-8(10)16/h3-5H,6H2,1-2H3,(H2,17,21)(H,18,22). The number of halogens is 2. The summed E-state index contributed by atoms with van der Waals surface area (Å²) in [5.41, 5.74) is 3.62. The van der Waals surface area contributed by atoms with Crippen LogP contribution in [-0.2, 0) is 4.79 Å². The molecule has 9 heteroatoms. The molecule has 7 nitrogen and oxygen atoms in total. The third kappa shape index (κ3) is 3.87. The molecule has 0 saturated carbocycles. The predicted molar refractivity (Wildman–Crippen MR) is 75.0 cm³/mol. The van der Waals surface area contributed by atoms with Gasteiger partial charge in [0.15, 0.2) is 0 Å². The van der Waals surface area contributed by atoms with Gasteiger partial charge in [-0.2, -0.15) is 0 Å². The molecular formula is C14H14F2N4O3. The Labute approximate surface area is 129 Å². The fourth-order valence-corrected chi connectivity index (χ4v) is 1.96. The van der Waals surface area contributed by atoms with Crippen molar-refractivity contribution in [2.75, 3.05) is 0 Å². The van der Waals surface area contributed by atoms with E-state index in [2.05, 4.69) is 15.5 Å². The highest BCUT2D eigenvalue weighted by molar-refractivity contribution is 5.90. The molecule has 2 amide bonds. The van der Waals surface area contributed by atoms with E-state index in [0.29, 0.717) is 0 Å². The quantitative estimate of drug-likeness (QED) is 0.863. The number of carbonyl (C=O) groups excluding carboxylic acids is 2. The molecule has 0 unspecified atom stereocenters. The second-order valence-corrected chi connectivity index (χ2v) is 5.49. The van der Waals surface area contributed by atoms with Gasteiger partial charge in [-0.3, -0.25) is 9.59 Å². The predicted octanol–water partition coefficient (Wildman–Crippen LogP) is 1.40. The van der Waals surface area contributed by atoms with Gasteiger partial charge in [0, 0.05) is 12.0 Å². The number of nitrogens with two attached hydrogens (primary N) is 1. The number of aromatic nitrogens is 2. The Kier molecular flexibility index (Phi) is 4.39. The summed E-state index contributed by atoms with van der Waals surface area (Å²) < 4.78 is 32.3. The first kappa shape index (κ1) is 16.5. The number of primary amides is 1. The van der Waals surface area contributed by atoms with Crippen LogP contribution in [0.4, 0.5) is 8.78 Å². The van der Waals surface area contributed by atoms with Crippen LogP contribution >= 0.6 is 0 Å². The van der Waals surface area contributed by atoms with E-state index in [-0.39, 0.29) is 6.42 Å². The van der Waals surface area contributed by atoms with Crippen molar-refractivity contribution in [2.24, 2.45) is 5.73 Å². The van der Waals surface area contributed by atoms with Crippen molar-refractivity contribution < 1.29 is 22.8 Å². The van der Waals surface area contributed by atoms with Gasteiger partial charge in [0.2, 0.25) is 5.91 Å². The topological polar surface area (TPSA) is 111 Å². The smallest absolute Gasteiger partial charge is 0.309 e. The number of amides is 2. The summed E-state index contributed by atoms with van der Waals surface area (Å²) >= 11 is 0. The van der Waals surface area contributed by atoms with E-state index in [1.54, 1.807) is 13.8 Å². The SMILES string of the molecule is CC(C)(CC(N)=O)NC(=O)c1nnc(-c2c(F)cccc2F)o1. The van der Waals surface area contributed by atoms with E-state index in [9.17, 15) is 18.4 Å². The van der Waals surface area contributed by atoms with Crippen molar-refractivity contribution in [1.82, 2.24) is 15.5 Å². The Morgan fingerprint density at radius 1 is 1.26 bits per heavy atom. The van der Waals surface area contributed by atoms with Gasteiger partial charge in [-0.05, 0) is 26.0 Å². The zero-order valence-corrected chi connectivity index (χ0v) is 12.4. The van der Waals surface area contributed by atoms with Crippen molar-refractivity contribution >= 4 is 11.8 Å². The lowest BCUT2D eigenvalue weighted by molar-refractivity contribution is -0.119. The average molecular weight is 324 g/mol. The largest absolute Gasteiger partial charge is 0.412 e. The van der Waals surface area contributed by atoms with E-state index in [1.807, 2.05) is 0 Å². The second kappa shape index (κ2) is 6.11. The molecule has 1 aromatic carbocycles. The zero-order valence-electron chi connectivity index (χ0n) is 12.4. The highest BCUT2D eigenvalue weighted by Crippen LogP contribution is 2.24. The summed E-state index contributed by atoms with van der Waals surface area (Å²) in [4.78, 5) is 22.9. The summed E-state index contributed by atoms with van der Waals surface area (Å²) in [5.74, 6) is -4.12. The third-order valence-electron chi connectivity index (χ3n) is 2.86. The minimum Gasteiger partial charge on any atom is -0.412 e. The molecular weight excluding hydrogens is 310 g/mol. The molecule has 0 aliphatic heterocycles. The average Bonchev–Trinajstić information content (AvgIpc) is 2.85. The van der Waals surface area contributed by atoms with E-state index in [1.165, 1.54) is 6.07 Å². The van der Waals surface area contributed by atoms with Crippen molar-refractivity contribution in [3.8, 4) is 11.5 Å². The van der Waals surface area contributed by atoms with Gasteiger partial charge < -0.3 is 15.5 Å². The van der Waals surface area contributed by atoms with E-state index < -0.39 is 46.3 Å². The van der Waals surface area contributed by atoms with E-state index in [4.69, 9.17) is 10.2 Å². The molecule has 23 heavy (non-hydrogen) atoms. The van der Waals surface area contributed by atoms with Crippen LogP contribution in [0, 0.1) is 11.6 Å². The third-order valence-corrected chi connectivity index (χ3v) is 2.86. The molecule has 3 N–H and O–H groups in total. The Morgan fingerprint density at radius 3 is 2.43 bits per heavy atom. The summed E-state index contributed by atoms with van der Waals surface area (Å²) in [6.07, 6.45) is -0.109. The van der Waals surface area contributed by atoms with Crippen LogP contribution in [0.2, 0.25) is 0 Å². The van der Waals surface area contributed by atoms with Crippen LogP contribution in [0.3, 0.4) is 0 Å². The minimum absolute atomic E-state index is 0.109. The zero-order chi connectivity index (χ0) is 17.2. The second-order valence-electron chi connectivity index (χ2n) is 5.49. The lowest BCUT2D eigenvalue weighted by Crippen LogP contribution is -2.46. The minimum atomic E-state index is -0.944. The molecule has 0 saturated heterocycles. The molecule has 0 aliphatic carbocycles. The first-order valence-electron chi connectivity index (χ1n) is 6.58. The van der Waals surface area contributed by atoms with Gasteiger partial charge in [0.25, 0.3) is 5.89 Å². The number of nitrogens with zero attached hydrogens (tertiary/aromatic N) is 2. The molecule has 122 valence electrons. The van der Waals surface area contributed by atoms with Crippen molar-refractivity contribution in [1.29, 1.82) is 0 Å². The number of nitrogens with one attached hydrogen (secondary N) is 1. The summed E-state index contributed by atoms with van der Waals surface area (Å²) in [7, 11) is 0. The monoisotopic (exact) mass is 324 g/mol. The Bertz CT molecular complexity index is 738. The highest BCUT2D eigenvalue weighted by Gasteiger charge is 2.27. The fourth-order valence-electron chi connectivity index (χ4n) is 1.96. The van der Waals surface area contributed by atoms with Gasteiger partial charge in [-0.25, -0.2) is 8.78 Å². The number of benzene rings is 1. The maximum absolute atomic E-state index is 13.6.